The van der Waals surface area contributed by atoms with E-state index in [9.17, 15) is 14.0 Å². The van der Waals surface area contributed by atoms with Crippen molar-refractivity contribution in [1.82, 2.24) is 9.88 Å². The normalized spacial score (nSPS) is 20.8. The molecule has 1 saturated heterocycles. The summed E-state index contributed by atoms with van der Waals surface area (Å²) in [7, 11) is 0. The Morgan fingerprint density at radius 1 is 1.41 bits per heavy atom. The Morgan fingerprint density at radius 2 is 2.22 bits per heavy atom. The lowest BCUT2D eigenvalue weighted by Crippen LogP contribution is -2.40. The topological polar surface area (TPSA) is 57.9 Å². The SMILES string of the molecule is [C-]#[N+]c1ccc2c(c1)[C@@]1(CCN(C(C)=O)C1)CN2C(=O)Cc1ncc(F)s1. The molecule has 1 aromatic heterocycles. The number of amides is 2. The van der Waals surface area contributed by atoms with Crippen LogP contribution < -0.4 is 4.90 Å². The summed E-state index contributed by atoms with van der Waals surface area (Å²) in [5, 5.41) is 0.0280. The van der Waals surface area contributed by atoms with E-state index in [0.717, 1.165) is 35.2 Å². The maximum absolute atomic E-state index is 13.2. The minimum atomic E-state index is -0.411. The number of hydrogen-bond donors (Lipinski definition) is 0. The van der Waals surface area contributed by atoms with Gasteiger partial charge in [-0.2, -0.15) is 4.39 Å². The van der Waals surface area contributed by atoms with Crippen LogP contribution in [0.3, 0.4) is 0 Å². The molecule has 2 aliphatic rings. The molecule has 0 unspecified atom stereocenters. The fourth-order valence-electron chi connectivity index (χ4n) is 4.03. The first-order chi connectivity index (χ1) is 12.9. The number of nitrogens with zero attached hydrogens (tertiary/aromatic N) is 4. The summed E-state index contributed by atoms with van der Waals surface area (Å²) < 4.78 is 13.2. The number of anilines is 1. The highest BCUT2D eigenvalue weighted by Gasteiger charge is 2.49. The second-order valence-corrected chi connectivity index (χ2v) is 8.06. The molecule has 0 bridgehead atoms. The van der Waals surface area contributed by atoms with E-state index in [0.29, 0.717) is 30.3 Å². The molecule has 6 nitrogen and oxygen atoms in total. The molecule has 4 rings (SSSR count). The van der Waals surface area contributed by atoms with Crippen LogP contribution in [0.5, 0.6) is 0 Å². The van der Waals surface area contributed by atoms with E-state index in [4.69, 9.17) is 6.57 Å². The highest BCUT2D eigenvalue weighted by molar-refractivity contribution is 7.10. The van der Waals surface area contributed by atoms with Crippen LogP contribution in [0.1, 0.15) is 23.9 Å². The molecule has 1 fully saturated rings. The maximum atomic E-state index is 13.2. The molecule has 0 N–H and O–H groups in total. The van der Waals surface area contributed by atoms with Gasteiger partial charge in [-0.25, -0.2) is 9.83 Å². The largest absolute Gasteiger partial charge is 0.342 e. The van der Waals surface area contributed by atoms with Gasteiger partial charge >= 0.3 is 0 Å². The van der Waals surface area contributed by atoms with Crippen LogP contribution in [0.25, 0.3) is 4.85 Å². The summed E-state index contributed by atoms with van der Waals surface area (Å²) in [4.78, 5) is 35.7. The highest BCUT2D eigenvalue weighted by atomic mass is 32.1. The van der Waals surface area contributed by atoms with Crippen molar-refractivity contribution >= 4 is 34.5 Å². The van der Waals surface area contributed by atoms with Crippen LogP contribution in [0.15, 0.2) is 24.4 Å². The van der Waals surface area contributed by atoms with E-state index >= 15 is 0 Å². The van der Waals surface area contributed by atoms with Crippen LogP contribution in [-0.2, 0) is 21.4 Å². The van der Waals surface area contributed by atoms with Crippen LogP contribution in [0.2, 0.25) is 0 Å². The fourth-order valence-corrected chi connectivity index (χ4v) is 4.67. The molecule has 0 radical (unpaired) electrons. The van der Waals surface area contributed by atoms with Gasteiger partial charge < -0.3 is 9.80 Å². The van der Waals surface area contributed by atoms with Crippen LogP contribution in [0, 0.1) is 11.7 Å². The summed E-state index contributed by atoms with van der Waals surface area (Å²) in [5.74, 6) is -0.142. The molecule has 27 heavy (non-hydrogen) atoms. The van der Waals surface area contributed by atoms with Gasteiger partial charge in [0.25, 0.3) is 0 Å². The number of hydrogen-bond acceptors (Lipinski definition) is 4. The second kappa shape index (κ2) is 6.43. The van der Waals surface area contributed by atoms with Gasteiger partial charge in [0.15, 0.2) is 10.8 Å². The predicted octanol–water partition coefficient (Wildman–Crippen LogP) is 2.91. The molecule has 1 atom stereocenters. The third-order valence-electron chi connectivity index (χ3n) is 5.36. The first kappa shape index (κ1) is 17.6. The van der Waals surface area contributed by atoms with E-state index in [-0.39, 0.29) is 23.7 Å². The number of carbonyl (C=O) groups excluding carboxylic acids is 2. The lowest BCUT2D eigenvalue weighted by atomic mass is 9.81. The average molecular weight is 384 g/mol. The van der Waals surface area contributed by atoms with E-state index in [1.165, 1.54) is 0 Å². The van der Waals surface area contributed by atoms with Crippen LogP contribution >= 0.6 is 11.3 Å². The fraction of sp³-hybridized carbons (Fsp3) is 0.368. The third-order valence-corrected chi connectivity index (χ3v) is 6.15. The summed E-state index contributed by atoms with van der Waals surface area (Å²) in [6, 6.07) is 5.34. The Morgan fingerprint density at radius 3 is 2.85 bits per heavy atom. The number of halogens is 1. The number of fused-ring (bicyclic) bond motifs is 2. The summed E-state index contributed by atoms with van der Waals surface area (Å²) >= 11 is 0.872. The zero-order valence-electron chi connectivity index (χ0n) is 14.7. The van der Waals surface area contributed by atoms with Crippen LogP contribution in [-0.4, -0.2) is 41.3 Å². The Balaban J connectivity index is 1.69. The molecular formula is C19H17FN4O2S. The van der Waals surface area contributed by atoms with Crippen molar-refractivity contribution in [2.24, 2.45) is 0 Å². The van der Waals surface area contributed by atoms with Gasteiger partial charge in [-0.1, -0.05) is 23.5 Å². The first-order valence-corrected chi connectivity index (χ1v) is 9.41. The minimum Gasteiger partial charge on any atom is -0.342 e. The van der Waals surface area contributed by atoms with Crippen molar-refractivity contribution in [2.75, 3.05) is 24.5 Å². The Hall–Kier alpha value is -2.79. The van der Waals surface area contributed by atoms with Gasteiger partial charge in [0, 0.05) is 37.7 Å². The number of benzene rings is 1. The molecule has 2 amide bonds. The highest BCUT2D eigenvalue weighted by Crippen LogP contribution is 2.47. The minimum absolute atomic E-state index is 0.0118. The smallest absolute Gasteiger partial charge is 0.233 e. The van der Waals surface area contributed by atoms with Crippen molar-refractivity contribution in [3.05, 3.63) is 51.5 Å². The van der Waals surface area contributed by atoms with Gasteiger partial charge in [-0.15, -0.1) is 0 Å². The molecular weight excluding hydrogens is 367 g/mol. The molecule has 1 spiro atoms. The van der Waals surface area contributed by atoms with Gasteiger partial charge in [-0.05, 0) is 18.1 Å². The molecule has 2 aliphatic heterocycles. The number of thiazole rings is 1. The van der Waals surface area contributed by atoms with Crippen molar-refractivity contribution in [3.8, 4) is 0 Å². The van der Waals surface area contributed by atoms with Crippen LogP contribution in [0.4, 0.5) is 15.8 Å². The Bertz CT molecular complexity index is 982. The summed E-state index contributed by atoms with van der Waals surface area (Å²) in [5.41, 5.74) is 1.88. The third kappa shape index (κ3) is 2.98. The quantitative estimate of drug-likeness (QED) is 0.748. The standard InChI is InChI=1S/C19H17FN4O2S/c1-12(25)23-6-5-19(10-23)11-24(15-4-3-13(21-2)7-14(15)19)18(26)8-17-22-9-16(20)27-17/h3-4,7,9H,5-6,8,10-11H2,1H3/t19-/m1/s1. The maximum Gasteiger partial charge on any atom is 0.233 e. The zero-order chi connectivity index (χ0) is 19.2. The summed E-state index contributed by atoms with van der Waals surface area (Å²) in [6.07, 6.45) is 1.90. The van der Waals surface area contributed by atoms with E-state index in [2.05, 4.69) is 9.83 Å². The van der Waals surface area contributed by atoms with Gasteiger partial charge in [-0.3, -0.25) is 9.59 Å². The van der Waals surface area contributed by atoms with Gasteiger partial charge in [0.1, 0.15) is 5.01 Å². The number of aromatic nitrogens is 1. The number of carbonyl (C=O) groups is 2. The van der Waals surface area contributed by atoms with Crippen molar-refractivity contribution in [1.29, 1.82) is 0 Å². The van der Waals surface area contributed by atoms with Crippen molar-refractivity contribution in [2.45, 2.75) is 25.2 Å². The molecule has 3 heterocycles. The summed E-state index contributed by atoms with van der Waals surface area (Å²) in [6.45, 7) is 10.5. The van der Waals surface area contributed by atoms with Gasteiger partial charge in [0.05, 0.1) is 19.2 Å². The Labute approximate surface area is 160 Å². The van der Waals surface area contributed by atoms with Crippen molar-refractivity contribution in [3.63, 3.8) is 0 Å². The predicted molar refractivity (Wildman–Crippen MR) is 99.4 cm³/mol. The van der Waals surface area contributed by atoms with Gasteiger partial charge in [0.2, 0.25) is 11.8 Å². The average Bonchev–Trinajstić information content (AvgIpc) is 3.34. The second-order valence-electron chi connectivity index (χ2n) is 7.00. The van der Waals surface area contributed by atoms with E-state index < -0.39 is 5.13 Å². The van der Waals surface area contributed by atoms with Crippen molar-refractivity contribution < 1.29 is 14.0 Å². The lowest BCUT2D eigenvalue weighted by Gasteiger charge is -2.25. The molecule has 0 saturated carbocycles. The molecule has 1 aromatic carbocycles. The zero-order valence-corrected chi connectivity index (χ0v) is 15.6. The number of rotatable bonds is 2. The number of likely N-dealkylation sites (tertiary alicyclic amines) is 1. The molecule has 0 aliphatic carbocycles. The molecule has 2 aromatic rings. The lowest BCUT2D eigenvalue weighted by molar-refractivity contribution is -0.127. The van der Waals surface area contributed by atoms with E-state index in [1.807, 2.05) is 6.07 Å². The molecule has 138 valence electrons. The molecule has 8 heteroatoms. The van der Waals surface area contributed by atoms with E-state index in [1.54, 1.807) is 28.9 Å². The first-order valence-electron chi connectivity index (χ1n) is 8.60. The Kier molecular flexibility index (Phi) is 4.19. The monoisotopic (exact) mass is 384 g/mol.